The van der Waals surface area contributed by atoms with E-state index in [-0.39, 0.29) is 5.91 Å². The molecule has 1 aliphatic heterocycles. The van der Waals surface area contributed by atoms with Crippen LogP contribution in [-0.2, 0) is 24.4 Å². The number of hydrogen-bond acceptors (Lipinski definition) is 3. The van der Waals surface area contributed by atoms with Gasteiger partial charge in [-0.25, -0.2) is 0 Å². The van der Waals surface area contributed by atoms with Gasteiger partial charge in [0.1, 0.15) is 0 Å². The van der Waals surface area contributed by atoms with Crippen molar-refractivity contribution in [3.8, 4) is 6.07 Å². The van der Waals surface area contributed by atoms with Crippen LogP contribution in [0, 0.1) is 11.3 Å². The molecule has 1 fully saturated rings. The molecule has 1 amide bonds. The number of carbonyl (C=O) groups excluding carboxylic acids is 1. The molecule has 0 unspecified atom stereocenters. The molecule has 0 spiro atoms. The Morgan fingerprint density at radius 1 is 1.08 bits per heavy atom. The standard InChI is InChI=1S/C20H21N3O/c21-12-16-5-3-6-17(11-16)13-22-14-18-7-1-2-8-19(18)15-23-10-4-9-20(23)24/h1-3,5-8,11,22H,4,9-10,13-15H2. The van der Waals surface area contributed by atoms with Crippen LogP contribution in [0.3, 0.4) is 0 Å². The van der Waals surface area contributed by atoms with Gasteiger partial charge in [-0.15, -0.1) is 0 Å². The maximum Gasteiger partial charge on any atom is 0.222 e. The van der Waals surface area contributed by atoms with E-state index >= 15 is 0 Å². The third kappa shape index (κ3) is 4.01. The Morgan fingerprint density at radius 3 is 2.67 bits per heavy atom. The van der Waals surface area contributed by atoms with E-state index in [1.165, 1.54) is 11.1 Å². The van der Waals surface area contributed by atoms with E-state index < -0.39 is 0 Å². The van der Waals surface area contributed by atoms with Crippen molar-refractivity contribution in [1.29, 1.82) is 5.26 Å². The van der Waals surface area contributed by atoms with Gasteiger partial charge in [0.25, 0.3) is 0 Å². The fourth-order valence-corrected chi connectivity index (χ4v) is 3.05. The molecule has 0 bridgehead atoms. The molecule has 4 heteroatoms. The first kappa shape index (κ1) is 16.2. The van der Waals surface area contributed by atoms with E-state index in [4.69, 9.17) is 5.26 Å². The Kier molecular flexibility index (Phi) is 5.25. The van der Waals surface area contributed by atoms with Gasteiger partial charge in [-0.05, 0) is 35.2 Å². The molecule has 1 N–H and O–H groups in total. The van der Waals surface area contributed by atoms with Crippen molar-refractivity contribution in [2.24, 2.45) is 0 Å². The summed E-state index contributed by atoms with van der Waals surface area (Å²) in [5.74, 6) is 0.256. The molecule has 3 rings (SSSR count). The Morgan fingerprint density at radius 2 is 1.92 bits per heavy atom. The van der Waals surface area contributed by atoms with Gasteiger partial charge < -0.3 is 10.2 Å². The molecule has 0 atom stereocenters. The van der Waals surface area contributed by atoms with E-state index in [2.05, 4.69) is 23.5 Å². The maximum atomic E-state index is 11.8. The van der Waals surface area contributed by atoms with Gasteiger partial charge in [-0.3, -0.25) is 4.79 Å². The number of rotatable bonds is 6. The highest BCUT2D eigenvalue weighted by molar-refractivity contribution is 5.78. The fraction of sp³-hybridized carbons (Fsp3) is 0.300. The minimum atomic E-state index is 0.256. The molecule has 2 aromatic rings. The summed E-state index contributed by atoms with van der Waals surface area (Å²) in [6, 6.07) is 18.1. The number of amides is 1. The van der Waals surface area contributed by atoms with Crippen molar-refractivity contribution in [2.45, 2.75) is 32.5 Å². The summed E-state index contributed by atoms with van der Waals surface area (Å²) in [5, 5.41) is 12.4. The van der Waals surface area contributed by atoms with E-state index in [0.717, 1.165) is 25.1 Å². The summed E-state index contributed by atoms with van der Waals surface area (Å²) in [7, 11) is 0. The quantitative estimate of drug-likeness (QED) is 0.890. The molecular weight excluding hydrogens is 298 g/mol. The van der Waals surface area contributed by atoms with Gasteiger partial charge in [0.05, 0.1) is 11.6 Å². The largest absolute Gasteiger partial charge is 0.338 e. The minimum Gasteiger partial charge on any atom is -0.338 e. The monoisotopic (exact) mass is 319 g/mol. The van der Waals surface area contributed by atoms with Crippen LogP contribution in [-0.4, -0.2) is 17.4 Å². The second-order valence-corrected chi connectivity index (χ2v) is 6.10. The van der Waals surface area contributed by atoms with Crippen LogP contribution in [0.15, 0.2) is 48.5 Å². The first-order chi connectivity index (χ1) is 11.8. The highest BCUT2D eigenvalue weighted by atomic mass is 16.2. The molecule has 0 aliphatic carbocycles. The number of benzene rings is 2. The normalized spacial score (nSPS) is 14.0. The summed E-state index contributed by atoms with van der Waals surface area (Å²) in [6.07, 6.45) is 1.64. The molecule has 4 nitrogen and oxygen atoms in total. The van der Waals surface area contributed by atoms with Gasteiger partial charge in [0, 0.05) is 32.6 Å². The van der Waals surface area contributed by atoms with E-state index in [0.29, 0.717) is 25.1 Å². The molecule has 2 aromatic carbocycles. The lowest BCUT2D eigenvalue weighted by Crippen LogP contribution is -2.25. The molecule has 24 heavy (non-hydrogen) atoms. The van der Waals surface area contributed by atoms with Crippen LogP contribution in [0.4, 0.5) is 0 Å². The lowest BCUT2D eigenvalue weighted by molar-refractivity contribution is -0.128. The molecule has 122 valence electrons. The maximum absolute atomic E-state index is 11.8. The Bertz CT molecular complexity index is 763. The number of nitrogens with zero attached hydrogens (tertiary/aromatic N) is 2. The Labute approximate surface area is 142 Å². The third-order valence-corrected chi connectivity index (χ3v) is 4.35. The fourth-order valence-electron chi connectivity index (χ4n) is 3.05. The van der Waals surface area contributed by atoms with E-state index in [9.17, 15) is 4.79 Å². The minimum absolute atomic E-state index is 0.256. The summed E-state index contributed by atoms with van der Waals surface area (Å²) in [4.78, 5) is 13.8. The number of nitriles is 1. The number of hydrogen-bond donors (Lipinski definition) is 1. The lowest BCUT2D eigenvalue weighted by Gasteiger charge is -2.18. The van der Waals surface area contributed by atoms with Crippen LogP contribution in [0.25, 0.3) is 0 Å². The van der Waals surface area contributed by atoms with Gasteiger partial charge in [-0.2, -0.15) is 5.26 Å². The molecule has 1 saturated heterocycles. The van der Waals surface area contributed by atoms with E-state index in [1.54, 1.807) is 0 Å². The van der Waals surface area contributed by atoms with Gasteiger partial charge >= 0.3 is 0 Å². The third-order valence-electron chi connectivity index (χ3n) is 4.35. The van der Waals surface area contributed by atoms with Gasteiger partial charge in [0.2, 0.25) is 5.91 Å². The molecular formula is C20H21N3O. The van der Waals surface area contributed by atoms with Crippen LogP contribution in [0.1, 0.15) is 35.1 Å². The number of carbonyl (C=O) groups is 1. The van der Waals surface area contributed by atoms with Crippen molar-refractivity contribution in [1.82, 2.24) is 10.2 Å². The second-order valence-electron chi connectivity index (χ2n) is 6.10. The van der Waals surface area contributed by atoms with Crippen molar-refractivity contribution in [3.63, 3.8) is 0 Å². The SMILES string of the molecule is N#Cc1cccc(CNCc2ccccc2CN2CCCC2=O)c1. The summed E-state index contributed by atoms with van der Waals surface area (Å²) in [5.41, 5.74) is 4.20. The second kappa shape index (κ2) is 7.76. The first-order valence-corrected chi connectivity index (χ1v) is 8.30. The molecule has 0 saturated carbocycles. The Hall–Kier alpha value is -2.64. The van der Waals surface area contributed by atoms with Crippen LogP contribution in [0.5, 0.6) is 0 Å². The summed E-state index contributed by atoms with van der Waals surface area (Å²) >= 11 is 0. The first-order valence-electron chi connectivity index (χ1n) is 8.30. The molecule has 1 heterocycles. The number of nitrogens with one attached hydrogen (secondary N) is 1. The Balaban J connectivity index is 1.61. The summed E-state index contributed by atoms with van der Waals surface area (Å²) < 4.78 is 0. The van der Waals surface area contributed by atoms with E-state index in [1.807, 2.05) is 41.3 Å². The zero-order chi connectivity index (χ0) is 16.8. The molecule has 0 radical (unpaired) electrons. The molecule has 1 aliphatic rings. The van der Waals surface area contributed by atoms with Crippen molar-refractivity contribution in [2.75, 3.05) is 6.54 Å². The van der Waals surface area contributed by atoms with Gasteiger partial charge in [-0.1, -0.05) is 36.4 Å². The highest BCUT2D eigenvalue weighted by Gasteiger charge is 2.20. The predicted octanol–water partition coefficient (Wildman–Crippen LogP) is 2.97. The average Bonchev–Trinajstić information content (AvgIpc) is 3.01. The zero-order valence-electron chi connectivity index (χ0n) is 13.7. The summed E-state index contributed by atoms with van der Waals surface area (Å²) in [6.45, 7) is 3.02. The predicted molar refractivity (Wildman–Crippen MR) is 92.8 cm³/mol. The highest BCUT2D eigenvalue weighted by Crippen LogP contribution is 2.17. The lowest BCUT2D eigenvalue weighted by atomic mass is 10.1. The van der Waals surface area contributed by atoms with Crippen molar-refractivity contribution < 1.29 is 4.79 Å². The zero-order valence-corrected chi connectivity index (χ0v) is 13.7. The topological polar surface area (TPSA) is 56.1 Å². The van der Waals surface area contributed by atoms with Crippen LogP contribution >= 0.6 is 0 Å². The smallest absolute Gasteiger partial charge is 0.222 e. The van der Waals surface area contributed by atoms with Crippen LogP contribution in [0.2, 0.25) is 0 Å². The van der Waals surface area contributed by atoms with Crippen molar-refractivity contribution >= 4 is 5.91 Å². The number of likely N-dealkylation sites (tertiary alicyclic amines) is 1. The van der Waals surface area contributed by atoms with Crippen LogP contribution < -0.4 is 5.32 Å². The molecule has 0 aromatic heterocycles. The average molecular weight is 319 g/mol. The van der Waals surface area contributed by atoms with Crippen molar-refractivity contribution in [3.05, 3.63) is 70.8 Å². The van der Waals surface area contributed by atoms with Gasteiger partial charge in [0.15, 0.2) is 0 Å².